The molecule has 0 saturated heterocycles. The largest absolute Gasteiger partial charge is 0.360 e. The van der Waals surface area contributed by atoms with Crippen molar-refractivity contribution in [1.82, 2.24) is 15.2 Å². The van der Waals surface area contributed by atoms with E-state index in [1.54, 1.807) is 11.3 Å². The highest BCUT2D eigenvalue weighted by molar-refractivity contribution is 7.17. The quantitative estimate of drug-likeness (QED) is 0.884. The van der Waals surface area contributed by atoms with Gasteiger partial charge in [-0.05, 0) is 32.1 Å². The fourth-order valence-electron chi connectivity index (χ4n) is 2.17. The van der Waals surface area contributed by atoms with Crippen LogP contribution in [0.5, 0.6) is 0 Å². The molecular formula is C13H17N5OS2. The average Bonchev–Trinajstić information content (AvgIpc) is 3.11. The molecule has 112 valence electrons. The third-order valence-corrected chi connectivity index (χ3v) is 5.16. The molecule has 2 aromatic heterocycles. The summed E-state index contributed by atoms with van der Waals surface area (Å²) < 4.78 is 0. The summed E-state index contributed by atoms with van der Waals surface area (Å²) in [5, 5.41) is 15.6. The topological polar surface area (TPSA) is 79.8 Å². The zero-order valence-corrected chi connectivity index (χ0v) is 13.4. The first-order valence-electron chi connectivity index (χ1n) is 7.13. The van der Waals surface area contributed by atoms with Gasteiger partial charge in [0.1, 0.15) is 0 Å². The number of rotatable bonds is 5. The second kappa shape index (κ2) is 6.48. The van der Waals surface area contributed by atoms with Gasteiger partial charge < -0.3 is 5.32 Å². The van der Waals surface area contributed by atoms with Gasteiger partial charge in [0.25, 0.3) is 5.91 Å². The lowest BCUT2D eigenvalue weighted by Gasteiger charge is -2.06. The summed E-state index contributed by atoms with van der Waals surface area (Å²) in [6, 6.07) is 0. The summed E-state index contributed by atoms with van der Waals surface area (Å²) in [5.41, 5.74) is 1.14. The first kappa shape index (κ1) is 14.4. The minimum atomic E-state index is -0.233. The number of nitrogens with one attached hydrogen (secondary N) is 2. The van der Waals surface area contributed by atoms with Crippen molar-refractivity contribution in [2.75, 3.05) is 17.2 Å². The van der Waals surface area contributed by atoms with Crippen LogP contribution < -0.4 is 10.6 Å². The highest BCUT2D eigenvalue weighted by Gasteiger charge is 2.18. The standard InChI is InChI=1S/C13H17N5OS2/c1-2-7-14-12-18-17-11(21-12)10(19)16-13-15-8-5-3-4-6-9(8)20-13/h2-7H2,1H3,(H,14,18)(H,15,16,19). The predicted octanol–water partition coefficient (Wildman–Crippen LogP) is 2.95. The molecule has 1 aliphatic carbocycles. The summed E-state index contributed by atoms with van der Waals surface area (Å²) in [6.45, 7) is 2.90. The first-order chi connectivity index (χ1) is 10.3. The first-order valence-corrected chi connectivity index (χ1v) is 8.77. The van der Waals surface area contributed by atoms with Gasteiger partial charge in [-0.3, -0.25) is 10.1 Å². The van der Waals surface area contributed by atoms with Gasteiger partial charge in [0.15, 0.2) is 5.13 Å². The van der Waals surface area contributed by atoms with E-state index in [4.69, 9.17) is 0 Å². The minimum Gasteiger partial charge on any atom is -0.360 e. The number of amides is 1. The Morgan fingerprint density at radius 1 is 1.19 bits per heavy atom. The van der Waals surface area contributed by atoms with Crippen LogP contribution in [0.4, 0.5) is 10.3 Å². The highest BCUT2D eigenvalue weighted by atomic mass is 32.1. The summed E-state index contributed by atoms with van der Waals surface area (Å²) >= 11 is 2.84. The Morgan fingerprint density at radius 2 is 2.05 bits per heavy atom. The maximum absolute atomic E-state index is 12.1. The van der Waals surface area contributed by atoms with Crippen molar-refractivity contribution < 1.29 is 4.79 Å². The second-order valence-corrected chi connectivity index (χ2v) is 6.95. The summed E-state index contributed by atoms with van der Waals surface area (Å²) in [5.74, 6) is -0.233. The van der Waals surface area contributed by atoms with Crippen LogP contribution >= 0.6 is 22.7 Å². The van der Waals surface area contributed by atoms with Crippen LogP contribution in [0.3, 0.4) is 0 Å². The Hall–Kier alpha value is -1.54. The van der Waals surface area contributed by atoms with Crippen LogP contribution in [0, 0.1) is 0 Å². The minimum absolute atomic E-state index is 0.233. The lowest BCUT2D eigenvalue weighted by molar-refractivity contribution is 0.102. The van der Waals surface area contributed by atoms with Crippen molar-refractivity contribution in [3.8, 4) is 0 Å². The van der Waals surface area contributed by atoms with Crippen LogP contribution in [0.25, 0.3) is 0 Å². The molecule has 0 aromatic carbocycles. The van der Waals surface area contributed by atoms with E-state index in [-0.39, 0.29) is 5.91 Å². The van der Waals surface area contributed by atoms with Crippen LogP contribution in [-0.4, -0.2) is 27.6 Å². The van der Waals surface area contributed by atoms with Crippen molar-refractivity contribution in [1.29, 1.82) is 0 Å². The van der Waals surface area contributed by atoms with E-state index in [9.17, 15) is 4.79 Å². The van der Waals surface area contributed by atoms with Gasteiger partial charge in [0, 0.05) is 11.4 Å². The van der Waals surface area contributed by atoms with E-state index in [2.05, 4.69) is 32.7 Å². The molecule has 3 rings (SSSR count). The van der Waals surface area contributed by atoms with E-state index in [1.807, 2.05) is 0 Å². The molecule has 1 aliphatic rings. The summed E-state index contributed by atoms with van der Waals surface area (Å²) in [6.07, 6.45) is 5.50. The van der Waals surface area contributed by atoms with E-state index in [0.29, 0.717) is 15.3 Å². The zero-order chi connectivity index (χ0) is 14.7. The molecule has 2 N–H and O–H groups in total. The zero-order valence-electron chi connectivity index (χ0n) is 11.8. The van der Waals surface area contributed by atoms with Crippen molar-refractivity contribution in [3.05, 3.63) is 15.6 Å². The van der Waals surface area contributed by atoms with Crippen LogP contribution in [-0.2, 0) is 12.8 Å². The average molecular weight is 323 g/mol. The molecule has 8 heteroatoms. The number of aromatic nitrogens is 3. The van der Waals surface area contributed by atoms with Crippen molar-refractivity contribution in [3.63, 3.8) is 0 Å². The molecule has 0 fully saturated rings. The van der Waals surface area contributed by atoms with Crippen LogP contribution in [0.1, 0.15) is 46.6 Å². The number of nitrogens with zero attached hydrogens (tertiary/aromatic N) is 3. The molecule has 1 amide bonds. The van der Waals surface area contributed by atoms with Crippen molar-refractivity contribution in [2.45, 2.75) is 39.0 Å². The Kier molecular flexibility index (Phi) is 4.45. The molecule has 0 radical (unpaired) electrons. The molecule has 6 nitrogen and oxygen atoms in total. The molecule has 0 aliphatic heterocycles. The van der Waals surface area contributed by atoms with Gasteiger partial charge in [-0.2, -0.15) is 0 Å². The van der Waals surface area contributed by atoms with Gasteiger partial charge in [0.2, 0.25) is 10.1 Å². The smallest absolute Gasteiger partial charge is 0.288 e. The summed E-state index contributed by atoms with van der Waals surface area (Å²) in [4.78, 5) is 18.0. The monoisotopic (exact) mass is 323 g/mol. The number of anilines is 2. The number of carbonyl (C=O) groups excluding carboxylic acids is 1. The van der Waals surface area contributed by atoms with Crippen molar-refractivity contribution >= 4 is 38.8 Å². The molecule has 0 unspecified atom stereocenters. The van der Waals surface area contributed by atoms with Crippen LogP contribution in [0.15, 0.2) is 0 Å². The van der Waals surface area contributed by atoms with Crippen molar-refractivity contribution in [2.24, 2.45) is 0 Å². The normalized spacial score (nSPS) is 13.8. The van der Waals surface area contributed by atoms with Gasteiger partial charge >= 0.3 is 0 Å². The third kappa shape index (κ3) is 3.38. The number of hydrogen-bond donors (Lipinski definition) is 2. The molecule has 2 aromatic rings. The number of hydrogen-bond acceptors (Lipinski definition) is 7. The lowest BCUT2D eigenvalue weighted by atomic mass is 10.0. The molecule has 2 heterocycles. The van der Waals surface area contributed by atoms with E-state index < -0.39 is 0 Å². The Labute approximate surface area is 131 Å². The maximum atomic E-state index is 12.1. The SMILES string of the molecule is CCCNc1nnc(C(=O)Nc2nc3c(s2)CCCC3)s1. The molecular weight excluding hydrogens is 306 g/mol. The Balaban J connectivity index is 1.65. The van der Waals surface area contributed by atoms with E-state index in [0.717, 1.165) is 31.5 Å². The lowest BCUT2D eigenvalue weighted by Crippen LogP contribution is -2.11. The predicted molar refractivity (Wildman–Crippen MR) is 85.4 cm³/mol. The summed E-state index contributed by atoms with van der Waals surface area (Å²) in [7, 11) is 0. The second-order valence-electron chi connectivity index (χ2n) is 4.89. The molecule has 21 heavy (non-hydrogen) atoms. The number of carbonyl (C=O) groups is 1. The number of fused-ring (bicyclic) bond motifs is 1. The van der Waals surface area contributed by atoms with Gasteiger partial charge in [-0.1, -0.05) is 18.3 Å². The fraction of sp³-hybridized carbons (Fsp3) is 0.538. The maximum Gasteiger partial charge on any atom is 0.288 e. The third-order valence-electron chi connectivity index (χ3n) is 3.21. The van der Waals surface area contributed by atoms with Gasteiger partial charge in [-0.25, -0.2) is 4.98 Å². The van der Waals surface area contributed by atoms with Crippen LogP contribution in [0.2, 0.25) is 0 Å². The van der Waals surface area contributed by atoms with E-state index in [1.165, 1.54) is 29.1 Å². The van der Waals surface area contributed by atoms with Gasteiger partial charge in [0.05, 0.1) is 5.69 Å². The number of aryl methyl sites for hydroxylation is 2. The molecule has 0 atom stereocenters. The fourth-order valence-corrected chi connectivity index (χ4v) is 3.88. The molecule has 0 saturated carbocycles. The van der Waals surface area contributed by atoms with Gasteiger partial charge in [-0.15, -0.1) is 21.5 Å². The molecule has 0 bridgehead atoms. The highest BCUT2D eigenvalue weighted by Crippen LogP contribution is 2.30. The van der Waals surface area contributed by atoms with E-state index >= 15 is 0 Å². The molecule has 0 spiro atoms. The Bertz CT molecular complexity index is 613. The number of thiazole rings is 1. The Morgan fingerprint density at radius 3 is 2.86 bits per heavy atom.